The van der Waals surface area contributed by atoms with E-state index in [1.54, 1.807) is 18.7 Å². The highest BCUT2D eigenvalue weighted by molar-refractivity contribution is 7.75. The van der Waals surface area contributed by atoms with Gasteiger partial charge in [0, 0.05) is 24.9 Å². The third kappa shape index (κ3) is 5.76. The molecule has 1 heterocycles. The van der Waals surface area contributed by atoms with Gasteiger partial charge < -0.3 is 14.7 Å². The molecule has 52 heavy (non-hydrogen) atoms. The number of fused-ring (bicyclic) bond motifs is 7. The number of nitrogens with zero attached hydrogens (tertiary/aromatic N) is 2. The molecular weight excluding hydrogens is 677 g/mol. The fourth-order valence-corrected chi connectivity index (χ4v) is 13.7. The highest BCUT2D eigenvalue weighted by Crippen LogP contribution is 2.77. The SMILES string of the molecule is C[SH+]N1CCN(C(=O)C(=O)[C@@]23CC[C@]4(C)[C@H](CC[C@@H]5[C@@]6(C)CC[C@H](OC(=O)CC(C)(C)C(=O)O)C(C)(C)C6CC[C@]54C)C2=C(C(C)C)C(=O)C3)CC1. The van der Waals surface area contributed by atoms with Gasteiger partial charge in [-0.05, 0) is 116 Å². The van der Waals surface area contributed by atoms with Crippen molar-refractivity contribution in [1.29, 1.82) is 0 Å². The number of carbonyl (C=O) groups excluding carboxylic acids is 4. The van der Waals surface area contributed by atoms with E-state index < -0.39 is 28.7 Å². The zero-order valence-electron chi connectivity index (χ0n) is 33.5. The number of carboxylic acids is 1. The number of Topliss-reactive ketones (excluding diaryl/α,β-unsaturated/α-hetero) is 2. The number of hydrogen-bond acceptors (Lipinski definition) is 7. The Morgan fingerprint density at radius 3 is 2.13 bits per heavy atom. The lowest BCUT2D eigenvalue weighted by Crippen LogP contribution is -2.66. The van der Waals surface area contributed by atoms with Gasteiger partial charge in [-0.3, -0.25) is 24.0 Å². The Balaban J connectivity index is 1.29. The summed E-state index contributed by atoms with van der Waals surface area (Å²) in [6.45, 7) is 21.8. The van der Waals surface area contributed by atoms with Crippen molar-refractivity contribution >= 4 is 41.4 Å². The van der Waals surface area contributed by atoms with E-state index in [-0.39, 0.29) is 64.0 Å². The van der Waals surface area contributed by atoms with Crippen LogP contribution in [-0.4, -0.2) is 82.3 Å². The summed E-state index contributed by atoms with van der Waals surface area (Å²) in [4.78, 5) is 69.3. The van der Waals surface area contributed by atoms with Crippen molar-refractivity contribution in [2.24, 2.45) is 56.2 Å². The second kappa shape index (κ2) is 13.2. The Bertz CT molecular complexity index is 1560. The molecule has 0 aromatic carbocycles. The zero-order valence-corrected chi connectivity index (χ0v) is 34.4. The van der Waals surface area contributed by atoms with Crippen LogP contribution in [0.4, 0.5) is 0 Å². The summed E-state index contributed by atoms with van der Waals surface area (Å²) in [5, 5.41) is 9.60. The van der Waals surface area contributed by atoms with Gasteiger partial charge in [-0.15, -0.1) is 4.31 Å². The van der Waals surface area contributed by atoms with Gasteiger partial charge in [0.05, 0.1) is 42.3 Å². The van der Waals surface area contributed by atoms with Crippen LogP contribution in [0.2, 0.25) is 0 Å². The Morgan fingerprint density at radius 1 is 0.885 bits per heavy atom. The number of allylic oxidation sites excluding steroid dienone is 2. The van der Waals surface area contributed by atoms with Gasteiger partial charge in [-0.1, -0.05) is 48.5 Å². The molecule has 0 spiro atoms. The molecule has 5 fully saturated rings. The van der Waals surface area contributed by atoms with E-state index >= 15 is 0 Å². The van der Waals surface area contributed by atoms with Crippen LogP contribution in [-0.2, 0) is 40.7 Å². The Morgan fingerprint density at radius 2 is 1.54 bits per heavy atom. The van der Waals surface area contributed by atoms with Gasteiger partial charge in [0.2, 0.25) is 5.78 Å². The molecule has 0 aromatic heterocycles. The molecule has 0 bridgehead atoms. The first-order valence-electron chi connectivity index (χ1n) is 20.0. The van der Waals surface area contributed by atoms with Crippen LogP contribution in [0, 0.1) is 56.2 Å². The maximum atomic E-state index is 14.7. The standard InChI is InChI=1S/C42H64N2O7S/c1-25(2)32-27(45)23-42(34(47)35(48)43-19-21-44(52-10)22-20-43)18-17-40(8)26(33(32)42)11-12-29-39(7)15-14-30(51-31(46)24-37(3,4)36(49)50)38(5,6)28(39)13-16-41(29,40)9/h25-26,28-30H,11-24H2,1-10H3,(H,49,50)/p+1/t26-,28?,29-,30+,39+,40-,41-,42-/m1/s1. The van der Waals surface area contributed by atoms with Gasteiger partial charge in [0.15, 0.2) is 5.78 Å². The van der Waals surface area contributed by atoms with E-state index in [0.717, 1.165) is 69.2 Å². The minimum atomic E-state index is -1.18. The molecule has 1 saturated heterocycles. The summed E-state index contributed by atoms with van der Waals surface area (Å²) < 4.78 is 8.42. The predicted molar refractivity (Wildman–Crippen MR) is 203 cm³/mol. The number of hydrogen-bond donors (Lipinski definition) is 1. The van der Waals surface area contributed by atoms with Crippen LogP contribution in [0.3, 0.4) is 0 Å². The maximum absolute atomic E-state index is 14.7. The van der Waals surface area contributed by atoms with Crippen molar-refractivity contribution in [3.05, 3.63) is 11.1 Å². The van der Waals surface area contributed by atoms with Crippen LogP contribution in [0.25, 0.3) is 0 Å². The molecule has 9 nitrogen and oxygen atoms in total. The molecule has 1 unspecified atom stereocenters. The number of carboxylic acid groups (broad SMARTS) is 1. The summed E-state index contributed by atoms with van der Waals surface area (Å²) in [5.74, 6) is -1.33. The molecule has 6 aliphatic rings. The molecule has 4 saturated carbocycles. The van der Waals surface area contributed by atoms with Crippen molar-refractivity contribution in [2.75, 3.05) is 32.4 Å². The van der Waals surface area contributed by atoms with E-state index in [9.17, 15) is 29.1 Å². The van der Waals surface area contributed by atoms with Gasteiger partial charge >= 0.3 is 11.9 Å². The summed E-state index contributed by atoms with van der Waals surface area (Å²) in [5.41, 5.74) is -0.812. The number of aliphatic carboxylic acids is 1. The number of carbonyl (C=O) groups is 5. The molecule has 8 atom stereocenters. The number of thiol groups is 1. The van der Waals surface area contributed by atoms with Crippen LogP contribution in [0.1, 0.15) is 127 Å². The summed E-state index contributed by atoms with van der Waals surface area (Å²) in [7, 11) is 0. The molecule has 1 aliphatic heterocycles. The Hall–Kier alpha value is -2.20. The van der Waals surface area contributed by atoms with E-state index in [2.05, 4.69) is 59.0 Å². The Kier molecular flexibility index (Phi) is 10.0. The number of ketones is 2. The first kappa shape index (κ1) is 39.5. The summed E-state index contributed by atoms with van der Waals surface area (Å²) >= 11 is 1.17. The van der Waals surface area contributed by atoms with Gasteiger partial charge in [-0.2, -0.15) is 0 Å². The molecule has 0 radical (unpaired) electrons. The molecule has 0 aromatic rings. The normalized spacial score (nSPS) is 39.0. The predicted octanol–water partition coefficient (Wildman–Crippen LogP) is 6.45. The van der Waals surface area contributed by atoms with Crippen LogP contribution >= 0.6 is 0 Å². The average Bonchev–Trinajstić information content (AvgIpc) is 3.38. The largest absolute Gasteiger partial charge is 0.481 e. The number of rotatable bonds is 8. The van der Waals surface area contributed by atoms with E-state index in [1.165, 1.54) is 11.9 Å². The smallest absolute Gasteiger partial charge is 0.309 e. The van der Waals surface area contributed by atoms with E-state index in [1.807, 2.05) is 0 Å². The number of piperazine rings is 1. The lowest BCUT2D eigenvalue weighted by Gasteiger charge is -2.72. The quantitative estimate of drug-likeness (QED) is 0.130. The van der Waals surface area contributed by atoms with Crippen molar-refractivity contribution in [3.8, 4) is 0 Å². The molecule has 290 valence electrons. The molecule has 1 N–H and O–H groups in total. The van der Waals surface area contributed by atoms with Gasteiger partial charge in [0.25, 0.3) is 5.91 Å². The fraction of sp³-hybridized carbons (Fsp3) is 0.833. The zero-order chi connectivity index (χ0) is 38.4. The first-order chi connectivity index (χ1) is 24.1. The highest BCUT2D eigenvalue weighted by Gasteiger charge is 2.71. The topological polar surface area (TPSA) is 121 Å². The number of amides is 1. The second-order valence-corrected chi connectivity index (χ2v) is 20.7. The molecule has 6 rings (SSSR count). The van der Waals surface area contributed by atoms with E-state index in [0.29, 0.717) is 31.3 Å². The number of esters is 1. The summed E-state index contributed by atoms with van der Waals surface area (Å²) in [6, 6.07) is 0. The maximum Gasteiger partial charge on any atom is 0.309 e. The van der Waals surface area contributed by atoms with Gasteiger partial charge in [0.1, 0.15) is 12.4 Å². The lowest BCUT2D eigenvalue weighted by atomic mass is 9.33. The van der Waals surface area contributed by atoms with Crippen LogP contribution < -0.4 is 0 Å². The minimum Gasteiger partial charge on any atom is -0.481 e. The third-order valence-corrected chi connectivity index (χ3v) is 17.2. The minimum absolute atomic E-state index is 0.00879. The van der Waals surface area contributed by atoms with Crippen molar-refractivity contribution in [1.82, 2.24) is 9.21 Å². The average molecular weight is 742 g/mol. The third-order valence-electron chi connectivity index (χ3n) is 16.3. The monoisotopic (exact) mass is 741 g/mol. The van der Waals surface area contributed by atoms with Crippen molar-refractivity contribution < 1.29 is 33.8 Å². The van der Waals surface area contributed by atoms with Crippen LogP contribution in [0.5, 0.6) is 0 Å². The number of ether oxygens (including phenoxy) is 1. The van der Waals surface area contributed by atoms with E-state index in [4.69, 9.17) is 4.74 Å². The van der Waals surface area contributed by atoms with Crippen LogP contribution in [0.15, 0.2) is 11.1 Å². The molecule has 5 aliphatic carbocycles. The summed E-state index contributed by atoms with van der Waals surface area (Å²) in [6.07, 6.45) is 8.75. The molecule has 10 heteroatoms. The van der Waals surface area contributed by atoms with Crippen molar-refractivity contribution in [2.45, 2.75) is 133 Å². The Labute approximate surface area is 315 Å². The second-order valence-electron chi connectivity index (χ2n) is 19.8. The van der Waals surface area contributed by atoms with Crippen molar-refractivity contribution in [3.63, 3.8) is 0 Å². The lowest BCUT2D eigenvalue weighted by molar-refractivity contribution is -0.233. The first-order valence-corrected chi connectivity index (χ1v) is 21.3. The molecular formula is C42H65N2O7S+. The van der Waals surface area contributed by atoms with Gasteiger partial charge in [-0.25, -0.2) is 0 Å². The highest BCUT2D eigenvalue weighted by atomic mass is 32.2. The molecule has 1 amide bonds. The fourth-order valence-electron chi connectivity index (χ4n) is 13.2.